The molecule has 6 rings (SSSR count). The van der Waals surface area contributed by atoms with Crippen LogP contribution in [0.25, 0.3) is 16.7 Å². The number of piperidine rings is 1. The van der Waals surface area contributed by atoms with Crippen LogP contribution in [-0.2, 0) is 25.4 Å². The average Bonchev–Trinajstić information content (AvgIpc) is 3.52. The first-order valence-electron chi connectivity index (χ1n) is 13.7. The summed E-state index contributed by atoms with van der Waals surface area (Å²) in [5, 5.41) is 18.0. The Morgan fingerprint density at radius 2 is 2.10 bits per heavy atom. The molecule has 0 spiro atoms. The zero-order valence-corrected chi connectivity index (χ0v) is 22.5. The van der Waals surface area contributed by atoms with Crippen molar-refractivity contribution in [3.63, 3.8) is 0 Å². The normalized spacial score (nSPS) is 23.4. The first-order chi connectivity index (χ1) is 18.8. The summed E-state index contributed by atoms with van der Waals surface area (Å²) in [6, 6.07) is 14.9. The molecular weight excluding hydrogens is 488 g/mol. The number of nitrogens with zero attached hydrogens (tertiary/aromatic N) is 7. The number of hydrogen-bond donors (Lipinski definition) is 1. The number of carbonyl (C=O) groups is 1. The number of nitriles is 1. The molecule has 0 unspecified atom stereocenters. The van der Waals surface area contributed by atoms with Crippen molar-refractivity contribution in [2.24, 2.45) is 24.6 Å². The SMILES string of the molecule is C[C@H]1CCCN(Cc2cc(C(N)=O)nc3ccn(-c4cccc(C5(Cc6nncn6C)CC(C#N)C5)c4)c23)C1. The largest absolute Gasteiger partial charge is 0.364 e. The van der Waals surface area contributed by atoms with Crippen LogP contribution >= 0.6 is 0 Å². The lowest BCUT2D eigenvalue weighted by Crippen LogP contribution is -2.43. The van der Waals surface area contributed by atoms with Gasteiger partial charge in [0.25, 0.3) is 5.91 Å². The first kappa shape index (κ1) is 25.3. The van der Waals surface area contributed by atoms with Gasteiger partial charge in [-0.15, -0.1) is 10.2 Å². The molecule has 4 heterocycles. The molecule has 4 aromatic rings. The fraction of sp³-hybridized carbons (Fsp3) is 0.433. The number of aromatic nitrogens is 5. The number of likely N-dealkylation sites (tertiary alicyclic amines) is 1. The maximum absolute atomic E-state index is 12.1. The number of pyridine rings is 1. The zero-order valence-electron chi connectivity index (χ0n) is 22.5. The smallest absolute Gasteiger partial charge is 0.267 e. The summed E-state index contributed by atoms with van der Waals surface area (Å²) < 4.78 is 4.14. The summed E-state index contributed by atoms with van der Waals surface area (Å²) in [5.41, 5.74) is 10.9. The van der Waals surface area contributed by atoms with Gasteiger partial charge in [0.05, 0.1) is 17.1 Å². The number of amides is 1. The Morgan fingerprint density at radius 1 is 1.26 bits per heavy atom. The van der Waals surface area contributed by atoms with Gasteiger partial charge in [-0.05, 0) is 73.5 Å². The van der Waals surface area contributed by atoms with Crippen LogP contribution in [0.15, 0.2) is 48.9 Å². The van der Waals surface area contributed by atoms with Crippen LogP contribution in [0, 0.1) is 23.2 Å². The minimum absolute atomic E-state index is 0.0456. The van der Waals surface area contributed by atoms with Gasteiger partial charge < -0.3 is 14.9 Å². The van der Waals surface area contributed by atoms with Crippen LogP contribution in [0.1, 0.15) is 60.0 Å². The third-order valence-corrected chi connectivity index (χ3v) is 8.60. The Kier molecular flexibility index (Phi) is 6.43. The van der Waals surface area contributed by atoms with Crippen LogP contribution in [0.2, 0.25) is 0 Å². The molecule has 1 atom stereocenters. The van der Waals surface area contributed by atoms with Gasteiger partial charge in [0.2, 0.25) is 0 Å². The van der Waals surface area contributed by atoms with Crippen molar-refractivity contribution in [3.05, 3.63) is 71.6 Å². The number of benzene rings is 1. The number of aryl methyl sites for hydroxylation is 1. The molecule has 0 radical (unpaired) electrons. The van der Waals surface area contributed by atoms with E-state index in [0.29, 0.717) is 11.6 Å². The van der Waals surface area contributed by atoms with Crippen molar-refractivity contribution in [1.29, 1.82) is 5.26 Å². The average molecular weight is 523 g/mol. The number of hydrogen-bond acceptors (Lipinski definition) is 6. The van der Waals surface area contributed by atoms with Gasteiger partial charge in [-0.2, -0.15) is 5.26 Å². The minimum Gasteiger partial charge on any atom is -0.364 e. The second-order valence-electron chi connectivity index (χ2n) is 11.5. The van der Waals surface area contributed by atoms with Crippen molar-refractivity contribution in [3.8, 4) is 11.8 Å². The summed E-state index contributed by atoms with van der Waals surface area (Å²) in [7, 11) is 1.96. The molecule has 39 heavy (non-hydrogen) atoms. The summed E-state index contributed by atoms with van der Waals surface area (Å²) in [4.78, 5) is 19.2. The summed E-state index contributed by atoms with van der Waals surface area (Å²) >= 11 is 0. The maximum atomic E-state index is 12.1. The number of nitrogens with two attached hydrogens (primary N) is 1. The molecule has 3 aromatic heterocycles. The van der Waals surface area contributed by atoms with Crippen LogP contribution < -0.4 is 5.73 Å². The summed E-state index contributed by atoms with van der Waals surface area (Å²) in [6.07, 6.45) is 8.52. The molecule has 0 bridgehead atoms. The van der Waals surface area contributed by atoms with E-state index in [1.807, 2.05) is 29.9 Å². The second-order valence-corrected chi connectivity index (χ2v) is 11.5. The number of fused-ring (bicyclic) bond motifs is 1. The number of primary amides is 1. The van der Waals surface area contributed by atoms with Gasteiger partial charge >= 0.3 is 0 Å². The first-order valence-corrected chi connectivity index (χ1v) is 13.7. The predicted molar refractivity (Wildman–Crippen MR) is 148 cm³/mol. The van der Waals surface area contributed by atoms with Crippen molar-refractivity contribution in [1.82, 2.24) is 29.2 Å². The Bertz CT molecular complexity index is 1570. The zero-order chi connectivity index (χ0) is 27.1. The quantitative estimate of drug-likeness (QED) is 0.393. The fourth-order valence-electron chi connectivity index (χ4n) is 6.57. The Labute approximate surface area is 228 Å². The summed E-state index contributed by atoms with van der Waals surface area (Å²) in [5.74, 6) is 1.11. The molecule has 9 nitrogen and oxygen atoms in total. The molecule has 1 aliphatic heterocycles. The van der Waals surface area contributed by atoms with E-state index in [2.05, 4.69) is 61.9 Å². The van der Waals surface area contributed by atoms with Crippen LogP contribution in [0.3, 0.4) is 0 Å². The molecule has 2 aliphatic rings. The molecule has 1 saturated heterocycles. The van der Waals surface area contributed by atoms with E-state index in [1.54, 1.807) is 6.33 Å². The number of rotatable bonds is 7. The fourth-order valence-corrected chi connectivity index (χ4v) is 6.57. The van der Waals surface area contributed by atoms with Crippen molar-refractivity contribution in [2.75, 3.05) is 13.1 Å². The van der Waals surface area contributed by atoms with Crippen LogP contribution in [-0.4, -0.2) is 48.2 Å². The molecule has 1 aliphatic carbocycles. The lowest BCUT2D eigenvalue weighted by atomic mass is 9.57. The van der Waals surface area contributed by atoms with Gasteiger partial charge in [-0.25, -0.2) is 4.98 Å². The molecule has 1 amide bonds. The van der Waals surface area contributed by atoms with E-state index < -0.39 is 5.91 Å². The van der Waals surface area contributed by atoms with E-state index in [9.17, 15) is 10.1 Å². The highest BCUT2D eigenvalue weighted by atomic mass is 16.1. The molecule has 1 saturated carbocycles. The van der Waals surface area contributed by atoms with Crippen LogP contribution in [0.4, 0.5) is 0 Å². The van der Waals surface area contributed by atoms with Crippen molar-refractivity contribution < 1.29 is 4.79 Å². The van der Waals surface area contributed by atoms with Gasteiger partial charge in [0.15, 0.2) is 0 Å². The third kappa shape index (κ3) is 4.70. The van der Waals surface area contributed by atoms with Gasteiger partial charge in [-0.3, -0.25) is 9.69 Å². The highest BCUT2D eigenvalue weighted by Gasteiger charge is 2.46. The standard InChI is InChI=1S/C30H34N8O/c1-20-5-4-9-37(17-20)18-22-11-26(29(32)39)34-25-8-10-38(28(22)25)24-7-3-6-23(12-24)30(13-21(14-30)16-31)15-27-35-33-19-36(27)2/h3,6-8,10-12,19-21H,4-5,9,13-15,17-18H2,1-2H3,(H2,32,39)/t20-,21?,30?/m0/s1. The molecule has 9 heteroatoms. The van der Waals surface area contributed by atoms with Gasteiger partial charge in [0.1, 0.15) is 17.8 Å². The Balaban J connectivity index is 1.41. The van der Waals surface area contributed by atoms with E-state index in [0.717, 1.165) is 67.0 Å². The van der Waals surface area contributed by atoms with Crippen LogP contribution in [0.5, 0.6) is 0 Å². The van der Waals surface area contributed by atoms with E-state index in [1.165, 1.54) is 18.4 Å². The third-order valence-electron chi connectivity index (χ3n) is 8.60. The highest BCUT2D eigenvalue weighted by molar-refractivity contribution is 5.94. The Morgan fingerprint density at radius 3 is 2.82 bits per heavy atom. The lowest BCUT2D eigenvalue weighted by molar-refractivity contribution is 0.0995. The molecular formula is C30H34N8O. The molecule has 2 N–H and O–H groups in total. The van der Waals surface area contributed by atoms with Crippen molar-refractivity contribution >= 4 is 16.9 Å². The Hall–Kier alpha value is -4.03. The van der Waals surface area contributed by atoms with Gasteiger partial charge in [0, 0.05) is 49.8 Å². The monoisotopic (exact) mass is 522 g/mol. The molecule has 2 fully saturated rings. The predicted octanol–water partition coefficient (Wildman–Crippen LogP) is 3.90. The van der Waals surface area contributed by atoms with E-state index in [-0.39, 0.29) is 11.3 Å². The molecule has 200 valence electrons. The van der Waals surface area contributed by atoms with Crippen molar-refractivity contribution in [2.45, 2.75) is 51.0 Å². The van der Waals surface area contributed by atoms with Gasteiger partial charge in [-0.1, -0.05) is 19.1 Å². The summed E-state index contributed by atoms with van der Waals surface area (Å²) in [6.45, 7) is 5.12. The van der Waals surface area contributed by atoms with E-state index >= 15 is 0 Å². The highest BCUT2D eigenvalue weighted by Crippen LogP contribution is 2.50. The van der Waals surface area contributed by atoms with E-state index in [4.69, 9.17) is 5.73 Å². The maximum Gasteiger partial charge on any atom is 0.267 e. The second kappa shape index (κ2) is 9.93. The minimum atomic E-state index is -0.511. The molecule has 1 aromatic carbocycles. The topological polar surface area (TPSA) is 119 Å². The number of carbonyl (C=O) groups excluding carboxylic acids is 1. The lowest BCUT2D eigenvalue weighted by Gasteiger charge is -2.45.